The number of ether oxygens (including phenoxy) is 1. The quantitative estimate of drug-likeness (QED) is 0.907. The van der Waals surface area contributed by atoms with Crippen molar-refractivity contribution in [1.82, 2.24) is 4.90 Å². The van der Waals surface area contributed by atoms with E-state index in [1.807, 2.05) is 12.1 Å². The van der Waals surface area contributed by atoms with E-state index in [-0.39, 0.29) is 12.6 Å². The molecule has 1 N–H and O–H groups in total. The smallest absolute Gasteiger partial charge is 0.123 e. The van der Waals surface area contributed by atoms with Crippen molar-refractivity contribution in [1.29, 1.82) is 0 Å². The first-order valence-corrected chi connectivity index (χ1v) is 7.24. The van der Waals surface area contributed by atoms with E-state index in [4.69, 9.17) is 4.74 Å². The Morgan fingerprint density at radius 3 is 2.72 bits per heavy atom. The number of rotatable bonds is 5. The average molecular weight is 314 g/mol. The summed E-state index contributed by atoms with van der Waals surface area (Å²) in [5.74, 6) is 0.906. The Morgan fingerprint density at radius 2 is 2.11 bits per heavy atom. The number of methoxy groups -OCH3 is 1. The molecule has 1 heterocycles. The molecular formula is C14H20BrNO2. The summed E-state index contributed by atoms with van der Waals surface area (Å²) in [4.78, 5) is 2.44. The highest BCUT2D eigenvalue weighted by Crippen LogP contribution is 2.35. The van der Waals surface area contributed by atoms with Crippen molar-refractivity contribution in [3.05, 3.63) is 28.2 Å². The van der Waals surface area contributed by atoms with Crippen LogP contribution >= 0.6 is 15.9 Å². The zero-order valence-electron chi connectivity index (χ0n) is 10.7. The van der Waals surface area contributed by atoms with Crippen LogP contribution in [0.15, 0.2) is 22.7 Å². The highest BCUT2D eigenvalue weighted by molar-refractivity contribution is 9.10. The Labute approximate surface area is 117 Å². The number of hydrogen-bond donors (Lipinski definition) is 1. The molecule has 1 unspecified atom stereocenters. The van der Waals surface area contributed by atoms with Gasteiger partial charge in [-0.2, -0.15) is 0 Å². The van der Waals surface area contributed by atoms with Crippen LogP contribution in [0.4, 0.5) is 0 Å². The molecule has 1 fully saturated rings. The summed E-state index contributed by atoms with van der Waals surface area (Å²) in [7, 11) is 1.70. The maximum atomic E-state index is 9.31. The van der Waals surface area contributed by atoms with Gasteiger partial charge < -0.3 is 9.84 Å². The molecule has 4 heteroatoms. The Kier molecular flexibility index (Phi) is 5.03. The van der Waals surface area contributed by atoms with Gasteiger partial charge in [0.15, 0.2) is 0 Å². The summed E-state index contributed by atoms with van der Waals surface area (Å²) in [6.07, 6.45) is 3.25. The van der Waals surface area contributed by atoms with Gasteiger partial charge in [0, 0.05) is 22.7 Å². The molecule has 18 heavy (non-hydrogen) atoms. The first-order valence-electron chi connectivity index (χ1n) is 6.44. The third-order valence-corrected chi connectivity index (χ3v) is 4.03. The molecule has 100 valence electrons. The van der Waals surface area contributed by atoms with E-state index in [0.29, 0.717) is 0 Å². The predicted octanol–water partition coefficient (Wildman–Crippen LogP) is 2.98. The minimum Gasteiger partial charge on any atom is -0.496 e. The van der Waals surface area contributed by atoms with Gasteiger partial charge in [0.05, 0.1) is 7.11 Å². The van der Waals surface area contributed by atoms with Crippen molar-refractivity contribution in [2.75, 3.05) is 26.8 Å². The van der Waals surface area contributed by atoms with Gasteiger partial charge in [-0.1, -0.05) is 15.9 Å². The van der Waals surface area contributed by atoms with Gasteiger partial charge in [-0.05, 0) is 50.6 Å². The number of aliphatic hydroxyl groups is 1. The first kappa shape index (κ1) is 13.8. The molecule has 1 aromatic carbocycles. The van der Waals surface area contributed by atoms with Crippen LogP contribution in [0.1, 0.15) is 30.9 Å². The van der Waals surface area contributed by atoms with Gasteiger partial charge in [0.1, 0.15) is 5.75 Å². The van der Waals surface area contributed by atoms with Crippen molar-refractivity contribution in [3.8, 4) is 5.75 Å². The third kappa shape index (κ3) is 3.05. The third-order valence-electron chi connectivity index (χ3n) is 3.53. The summed E-state index contributed by atoms with van der Waals surface area (Å²) in [6, 6.07) is 6.34. The normalized spacial score (nSPS) is 17.9. The lowest BCUT2D eigenvalue weighted by molar-refractivity contribution is 0.182. The maximum absolute atomic E-state index is 9.31. The fourth-order valence-electron chi connectivity index (χ4n) is 2.68. The van der Waals surface area contributed by atoms with Crippen LogP contribution in [0, 0.1) is 0 Å². The summed E-state index contributed by atoms with van der Waals surface area (Å²) >= 11 is 3.52. The summed E-state index contributed by atoms with van der Waals surface area (Å²) < 4.78 is 6.51. The van der Waals surface area contributed by atoms with Crippen LogP contribution in [-0.2, 0) is 0 Å². The van der Waals surface area contributed by atoms with Crippen molar-refractivity contribution >= 4 is 15.9 Å². The van der Waals surface area contributed by atoms with Gasteiger partial charge >= 0.3 is 0 Å². The lowest BCUT2D eigenvalue weighted by Gasteiger charge is -2.28. The van der Waals surface area contributed by atoms with Gasteiger partial charge in [0.25, 0.3) is 0 Å². The Hall–Kier alpha value is -0.580. The van der Waals surface area contributed by atoms with Gasteiger partial charge in [-0.3, -0.25) is 4.90 Å². The molecule has 1 atom stereocenters. The lowest BCUT2D eigenvalue weighted by Crippen LogP contribution is -2.26. The molecule has 0 bridgehead atoms. The minimum atomic E-state index is 0.205. The largest absolute Gasteiger partial charge is 0.496 e. The molecule has 1 aliphatic heterocycles. The summed E-state index contributed by atoms with van der Waals surface area (Å²) in [5.41, 5.74) is 1.17. The van der Waals surface area contributed by atoms with Crippen LogP contribution < -0.4 is 4.74 Å². The van der Waals surface area contributed by atoms with Gasteiger partial charge in [-0.15, -0.1) is 0 Å². The molecule has 1 aromatic rings. The van der Waals surface area contributed by atoms with Crippen molar-refractivity contribution < 1.29 is 9.84 Å². The van der Waals surface area contributed by atoms with E-state index in [2.05, 4.69) is 26.9 Å². The lowest BCUT2D eigenvalue weighted by atomic mass is 10.0. The zero-order valence-corrected chi connectivity index (χ0v) is 12.3. The van der Waals surface area contributed by atoms with Crippen LogP contribution in [0.25, 0.3) is 0 Å². The molecule has 1 aliphatic rings. The van der Waals surface area contributed by atoms with Crippen molar-refractivity contribution in [2.45, 2.75) is 25.3 Å². The number of nitrogens with zero attached hydrogens (tertiary/aromatic N) is 1. The van der Waals surface area contributed by atoms with Crippen molar-refractivity contribution in [3.63, 3.8) is 0 Å². The van der Waals surface area contributed by atoms with E-state index >= 15 is 0 Å². The van der Waals surface area contributed by atoms with E-state index in [1.54, 1.807) is 7.11 Å². The second-order valence-electron chi connectivity index (χ2n) is 4.66. The molecule has 1 saturated heterocycles. The Morgan fingerprint density at radius 1 is 1.39 bits per heavy atom. The maximum Gasteiger partial charge on any atom is 0.123 e. The fraction of sp³-hybridized carbons (Fsp3) is 0.571. The minimum absolute atomic E-state index is 0.205. The van der Waals surface area contributed by atoms with E-state index < -0.39 is 0 Å². The Balaban J connectivity index is 2.31. The van der Waals surface area contributed by atoms with Crippen LogP contribution in [0.5, 0.6) is 5.75 Å². The first-order chi connectivity index (χ1) is 8.76. The number of benzene rings is 1. The molecule has 0 spiro atoms. The number of hydrogen-bond acceptors (Lipinski definition) is 3. The van der Waals surface area contributed by atoms with E-state index in [1.165, 1.54) is 18.4 Å². The molecule has 0 aliphatic carbocycles. The summed E-state index contributed by atoms with van der Waals surface area (Å²) in [6.45, 7) is 2.43. The topological polar surface area (TPSA) is 32.7 Å². The highest BCUT2D eigenvalue weighted by Gasteiger charge is 2.25. The van der Waals surface area contributed by atoms with Crippen LogP contribution in [-0.4, -0.2) is 36.8 Å². The van der Waals surface area contributed by atoms with Gasteiger partial charge in [-0.25, -0.2) is 0 Å². The van der Waals surface area contributed by atoms with E-state index in [9.17, 15) is 5.11 Å². The van der Waals surface area contributed by atoms with Crippen LogP contribution in [0.2, 0.25) is 0 Å². The molecule has 0 saturated carbocycles. The summed E-state index contributed by atoms with van der Waals surface area (Å²) in [5, 5.41) is 9.31. The van der Waals surface area contributed by atoms with Gasteiger partial charge in [0.2, 0.25) is 0 Å². The fourth-order valence-corrected chi connectivity index (χ4v) is 3.05. The number of likely N-dealkylation sites (tertiary alicyclic amines) is 1. The monoisotopic (exact) mass is 313 g/mol. The zero-order chi connectivity index (χ0) is 13.0. The molecule has 0 radical (unpaired) electrons. The standard InChI is InChI=1S/C14H20BrNO2/c1-18-14-5-4-11(15)10-12(14)13(6-9-17)16-7-2-3-8-16/h4-5,10,13,17H,2-3,6-9H2,1H3. The highest BCUT2D eigenvalue weighted by atomic mass is 79.9. The average Bonchev–Trinajstić information content (AvgIpc) is 2.89. The molecule has 0 aromatic heterocycles. The second-order valence-corrected chi connectivity index (χ2v) is 5.57. The molecule has 3 nitrogen and oxygen atoms in total. The van der Waals surface area contributed by atoms with E-state index in [0.717, 1.165) is 29.7 Å². The van der Waals surface area contributed by atoms with Crippen molar-refractivity contribution in [2.24, 2.45) is 0 Å². The SMILES string of the molecule is COc1ccc(Br)cc1C(CCO)N1CCCC1. The predicted molar refractivity (Wildman–Crippen MR) is 75.9 cm³/mol. The number of halogens is 1. The molecule has 0 amide bonds. The number of aliphatic hydroxyl groups excluding tert-OH is 1. The molecular weight excluding hydrogens is 294 g/mol. The van der Waals surface area contributed by atoms with Crippen LogP contribution in [0.3, 0.4) is 0 Å². The second kappa shape index (κ2) is 6.55. The molecule has 2 rings (SSSR count). The Bertz CT molecular complexity index is 391.